The molecule has 0 saturated carbocycles. The molecule has 0 fully saturated rings. The molecule has 0 aromatic heterocycles. The van der Waals surface area contributed by atoms with Crippen molar-refractivity contribution in [2.45, 2.75) is 0 Å². The van der Waals surface area contributed by atoms with E-state index in [9.17, 15) is 9.90 Å². The van der Waals surface area contributed by atoms with E-state index >= 15 is 0 Å². The summed E-state index contributed by atoms with van der Waals surface area (Å²) in [5.74, 6) is -0.883. The van der Waals surface area contributed by atoms with Crippen molar-refractivity contribution in [1.29, 1.82) is 0 Å². The van der Waals surface area contributed by atoms with Gasteiger partial charge in [0.15, 0.2) is 0 Å². The number of carboxylic acids is 1. The third-order valence-corrected chi connectivity index (χ3v) is 2.99. The van der Waals surface area contributed by atoms with Gasteiger partial charge in [0.05, 0.1) is 5.70 Å². The molecular formula is C13H9NO2. The number of carboxylic acid groups (broad SMARTS) is 1. The highest BCUT2D eigenvalue weighted by Gasteiger charge is 2.41. The zero-order valence-corrected chi connectivity index (χ0v) is 8.42. The number of nitrogens with zero attached hydrogens (tertiary/aromatic N) is 1. The van der Waals surface area contributed by atoms with Crippen molar-refractivity contribution in [3.63, 3.8) is 0 Å². The van der Waals surface area contributed by atoms with E-state index < -0.39 is 11.4 Å². The van der Waals surface area contributed by atoms with E-state index in [4.69, 9.17) is 0 Å². The number of allylic oxidation sites excluding steroid dienone is 1. The smallest absolute Gasteiger partial charge is 0.323 e. The van der Waals surface area contributed by atoms with Crippen LogP contribution in [0.4, 0.5) is 0 Å². The molecule has 1 aliphatic carbocycles. The predicted octanol–water partition coefficient (Wildman–Crippen LogP) is 0.301. The first-order chi connectivity index (χ1) is 7.74. The number of aliphatic carboxylic acids is 1. The van der Waals surface area contributed by atoms with E-state index in [-0.39, 0.29) is 0 Å². The van der Waals surface area contributed by atoms with Gasteiger partial charge in [0.25, 0.3) is 0 Å². The summed E-state index contributed by atoms with van der Waals surface area (Å²) >= 11 is 0. The van der Waals surface area contributed by atoms with E-state index in [1.54, 1.807) is 24.4 Å². The molecule has 0 radical (unpaired) electrons. The molecule has 0 bridgehead atoms. The van der Waals surface area contributed by atoms with Crippen molar-refractivity contribution in [2.75, 3.05) is 0 Å². The van der Waals surface area contributed by atoms with Crippen LogP contribution in [0.3, 0.4) is 0 Å². The first-order valence-corrected chi connectivity index (χ1v) is 5.02. The van der Waals surface area contributed by atoms with E-state index in [1.165, 1.54) is 0 Å². The normalized spacial score (nSPS) is 24.9. The number of hydrogen-bond acceptors (Lipinski definition) is 2. The summed E-state index contributed by atoms with van der Waals surface area (Å²) in [5, 5.41) is 11.2. The lowest BCUT2D eigenvalue weighted by Crippen LogP contribution is -2.28. The number of fused-ring (bicyclic) bond motifs is 2. The average Bonchev–Trinajstić information content (AvgIpc) is 2.64. The van der Waals surface area contributed by atoms with Crippen LogP contribution in [0.1, 0.15) is 0 Å². The number of aliphatic imine (C=N–C) groups is 1. The monoisotopic (exact) mass is 211 g/mol. The fourth-order valence-electron chi connectivity index (χ4n) is 2.23. The molecule has 78 valence electrons. The van der Waals surface area contributed by atoms with Crippen LogP contribution in [-0.2, 0) is 4.79 Å². The van der Waals surface area contributed by atoms with E-state index in [1.807, 2.05) is 24.3 Å². The minimum Gasteiger partial charge on any atom is -0.480 e. The molecule has 1 aromatic rings. The Balaban J connectivity index is 2.46. The Hall–Kier alpha value is -2.16. The highest BCUT2D eigenvalue weighted by molar-refractivity contribution is 6.02. The van der Waals surface area contributed by atoms with Gasteiger partial charge in [0.1, 0.15) is 5.41 Å². The largest absolute Gasteiger partial charge is 0.480 e. The second-order valence-electron chi connectivity index (χ2n) is 3.89. The Morgan fingerprint density at radius 2 is 2.12 bits per heavy atom. The Kier molecular flexibility index (Phi) is 1.66. The van der Waals surface area contributed by atoms with Crippen molar-refractivity contribution in [3.8, 4) is 0 Å². The van der Waals surface area contributed by atoms with Crippen LogP contribution in [0.15, 0.2) is 41.4 Å². The molecular weight excluding hydrogens is 202 g/mol. The molecule has 0 saturated heterocycles. The molecule has 3 heteroatoms. The summed E-state index contributed by atoms with van der Waals surface area (Å²) in [6.07, 6.45) is 6.75. The predicted molar refractivity (Wildman–Crippen MR) is 61.3 cm³/mol. The van der Waals surface area contributed by atoms with E-state index in [0.29, 0.717) is 5.70 Å². The highest BCUT2D eigenvalue weighted by Crippen LogP contribution is 2.36. The lowest BCUT2D eigenvalue weighted by Gasteiger charge is -2.21. The van der Waals surface area contributed by atoms with Crippen LogP contribution in [0.2, 0.25) is 0 Å². The molecule has 1 atom stereocenters. The van der Waals surface area contributed by atoms with Crippen LogP contribution >= 0.6 is 0 Å². The molecule has 1 heterocycles. The fraction of sp³-hybridized carbons (Fsp3) is 0.0769. The van der Waals surface area contributed by atoms with E-state index in [0.717, 1.165) is 10.4 Å². The summed E-state index contributed by atoms with van der Waals surface area (Å²) in [6.45, 7) is 0. The molecule has 3 rings (SSSR count). The molecule has 16 heavy (non-hydrogen) atoms. The van der Waals surface area contributed by atoms with Crippen LogP contribution in [-0.4, -0.2) is 17.3 Å². The van der Waals surface area contributed by atoms with Crippen molar-refractivity contribution in [1.82, 2.24) is 0 Å². The zero-order valence-electron chi connectivity index (χ0n) is 8.42. The highest BCUT2D eigenvalue weighted by atomic mass is 16.4. The minimum absolute atomic E-state index is 0.609. The lowest BCUT2D eigenvalue weighted by atomic mass is 9.85. The second kappa shape index (κ2) is 2.92. The molecule has 1 N–H and O–H groups in total. The van der Waals surface area contributed by atoms with Crippen LogP contribution in [0.5, 0.6) is 0 Å². The van der Waals surface area contributed by atoms with Gasteiger partial charge in [-0.25, -0.2) is 0 Å². The zero-order chi connectivity index (χ0) is 11.2. The third kappa shape index (κ3) is 0.972. The third-order valence-electron chi connectivity index (χ3n) is 2.99. The summed E-state index contributed by atoms with van der Waals surface area (Å²) in [7, 11) is 0. The average molecular weight is 211 g/mol. The van der Waals surface area contributed by atoms with Crippen LogP contribution < -0.4 is 10.4 Å². The number of carbonyl (C=O) groups is 1. The van der Waals surface area contributed by atoms with Gasteiger partial charge >= 0.3 is 5.97 Å². The maximum absolute atomic E-state index is 11.4. The topological polar surface area (TPSA) is 49.7 Å². The van der Waals surface area contributed by atoms with Gasteiger partial charge in [-0.15, -0.1) is 0 Å². The minimum atomic E-state index is -1.07. The Morgan fingerprint density at radius 1 is 1.31 bits per heavy atom. The molecule has 1 aromatic carbocycles. The number of benzene rings is 1. The Morgan fingerprint density at radius 3 is 2.94 bits per heavy atom. The standard InChI is InChI=1S/C13H9NO2/c15-12(16)13-6-3-7-14-11(13)10-5-2-1-4-9(10)8-13/h1-8H,(H,15,16). The molecule has 0 spiro atoms. The van der Waals surface area contributed by atoms with Gasteiger partial charge in [-0.2, -0.15) is 0 Å². The summed E-state index contributed by atoms with van der Waals surface area (Å²) in [4.78, 5) is 15.7. The quantitative estimate of drug-likeness (QED) is 0.726. The van der Waals surface area contributed by atoms with Gasteiger partial charge in [0.2, 0.25) is 0 Å². The lowest BCUT2D eigenvalue weighted by molar-refractivity contribution is -0.140. The van der Waals surface area contributed by atoms with Gasteiger partial charge < -0.3 is 5.11 Å². The summed E-state index contributed by atoms with van der Waals surface area (Å²) in [6, 6.07) is 7.61. The molecule has 2 aliphatic rings. The number of rotatable bonds is 1. The first kappa shape index (κ1) is 9.09. The van der Waals surface area contributed by atoms with Gasteiger partial charge in [-0.05, 0) is 17.4 Å². The summed E-state index contributed by atoms with van der Waals surface area (Å²) < 4.78 is 0. The van der Waals surface area contributed by atoms with Gasteiger partial charge in [0, 0.05) is 11.4 Å². The SMILES string of the molecule is O=C(O)C12C=CC=NC1=c1ccccc1=C2. The number of hydrogen-bond donors (Lipinski definition) is 1. The summed E-state index contributed by atoms with van der Waals surface area (Å²) in [5.41, 5.74) is -0.462. The molecule has 3 nitrogen and oxygen atoms in total. The fourth-order valence-corrected chi connectivity index (χ4v) is 2.23. The van der Waals surface area contributed by atoms with Crippen molar-refractivity contribution in [3.05, 3.63) is 46.9 Å². The molecule has 1 aliphatic heterocycles. The van der Waals surface area contributed by atoms with Gasteiger partial charge in [-0.1, -0.05) is 30.3 Å². The maximum atomic E-state index is 11.4. The maximum Gasteiger partial charge on any atom is 0.323 e. The van der Waals surface area contributed by atoms with Crippen LogP contribution in [0.25, 0.3) is 11.8 Å². The van der Waals surface area contributed by atoms with Gasteiger partial charge in [-0.3, -0.25) is 9.79 Å². The van der Waals surface area contributed by atoms with Crippen molar-refractivity contribution in [2.24, 2.45) is 10.4 Å². The van der Waals surface area contributed by atoms with E-state index in [2.05, 4.69) is 4.99 Å². The second-order valence-corrected chi connectivity index (χ2v) is 3.89. The molecule has 1 unspecified atom stereocenters. The van der Waals surface area contributed by atoms with Crippen molar-refractivity contribution >= 4 is 24.0 Å². The Bertz CT molecular complexity index is 655. The molecule has 0 amide bonds. The number of dihydropyridines is 1. The Labute approximate surface area is 91.8 Å². The van der Waals surface area contributed by atoms with Crippen molar-refractivity contribution < 1.29 is 9.90 Å². The first-order valence-electron chi connectivity index (χ1n) is 5.02. The van der Waals surface area contributed by atoms with Crippen LogP contribution in [0, 0.1) is 5.41 Å².